The lowest BCUT2D eigenvalue weighted by molar-refractivity contribution is 0.414. The molecule has 0 radical (unpaired) electrons. The molecule has 0 saturated carbocycles. The Morgan fingerprint density at radius 1 is 1.00 bits per heavy atom. The molecule has 0 bridgehead atoms. The second kappa shape index (κ2) is 7.68. The fraction of sp³-hybridized carbons (Fsp3) is 0.118. The van der Waals surface area contributed by atoms with Crippen LogP contribution < -0.4 is 15.4 Å². The summed E-state index contributed by atoms with van der Waals surface area (Å²) in [6.45, 7) is 0.460. The van der Waals surface area contributed by atoms with Gasteiger partial charge in [0.25, 0.3) is 0 Å². The van der Waals surface area contributed by atoms with Gasteiger partial charge in [0.1, 0.15) is 5.75 Å². The monoisotopic (exact) mass is 361 g/mol. The summed E-state index contributed by atoms with van der Waals surface area (Å²) in [6, 6.07) is 9.28. The van der Waals surface area contributed by atoms with E-state index in [9.17, 15) is 13.2 Å². The Hall–Kier alpha value is -3.36. The number of benzene rings is 2. The van der Waals surface area contributed by atoms with Gasteiger partial charge in [0, 0.05) is 6.54 Å². The molecule has 0 spiro atoms. The zero-order valence-electron chi connectivity index (χ0n) is 13.6. The predicted molar refractivity (Wildman–Crippen MR) is 89.7 cm³/mol. The van der Waals surface area contributed by atoms with E-state index in [2.05, 4.69) is 25.8 Å². The van der Waals surface area contributed by atoms with Crippen LogP contribution >= 0.6 is 0 Å². The Morgan fingerprint density at radius 2 is 1.77 bits per heavy atom. The van der Waals surface area contributed by atoms with Gasteiger partial charge in [-0.3, -0.25) is 0 Å². The predicted octanol–water partition coefficient (Wildman–Crippen LogP) is 3.65. The average molecular weight is 361 g/mol. The molecule has 134 valence electrons. The van der Waals surface area contributed by atoms with Crippen LogP contribution in [0.25, 0.3) is 0 Å². The van der Waals surface area contributed by atoms with E-state index >= 15 is 0 Å². The highest BCUT2D eigenvalue weighted by atomic mass is 19.2. The van der Waals surface area contributed by atoms with Crippen LogP contribution in [-0.4, -0.2) is 22.3 Å². The van der Waals surface area contributed by atoms with Crippen molar-refractivity contribution in [1.29, 1.82) is 0 Å². The smallest absolute Gasteiger partial charge is 0.249 e. The summed E-state index contributed by atoms with van der Waals surface area (Å²) in [4.78, 5) is 4.11. The number of rotatable bonds is 6. The molecule has 3 rings (SSSR count). The van der Waals surface area contributed by atoms with Gasteiger partial charge < -0.3 is 15.4 Å². The molecule has 0 unspecified atom stereocenters. The Labute approximate surface area is 147 Å². The van der Waals surface area contributed by atoms with Crippen LogP contribution in [0.3, 0.4) is 0 Å². The maximum absolute atomic E-state index is 13.7. The second-order valence-electron chi connectivity index (χ2n) is 5.21. The van der Waals surface area contributed by atoms with Crippen LogP contribution in [0.1, 0.15) is 5.56 Å². The van der Waals surface area contributed by atoms with Gasteiger partial charge in [0.15, 0.2) is 23.3 Å². The zero-order valence-corrected chi connectivity index (χ0v) is 13.6. The highest BCUT2D eigenvalue weighted by Crippen LogP contribution is 2.22. The van der Waals surface area contributed by atoms with E-state index < -0.39 is 17.5 Å². The molecule has 2 N–H and O–H groups in total. The normalized spacial score (nSPS) is 10.5. The summed E-state index contributed by atoms with van der Waals surface area (Å²) in [5, 5.41) is 12.9. The minimum atomic E-state index is -1.57. The van der Waals surface area contributed by atoms with Gasteiger partial charge >= 0.3 is 0 Å². The molecule has 0 aliphatic carbocycles. The van der Waals surface area contributed by atoms with Crippen molar-refractivity contribution in [3.63, 3.8) is 0 Å². The summed E-state index contributed by atoms with van der Waals surface area (Å²) < 4.78 is 45.0. The van der Waals surface area contributed by atoms with Crippen LogP contribution in [0.5, 0.6) is 5.75 Å². The summed E-state index contributed by atoms with van der Waals surface area (Å²) in [6.07, 6.45) is 1.39. The minimum absolute atomic E-state index is 0.0605. The van der Waals surface area contributed by atoms with Gasteiger partial charge in [-0.05, 0) is 29.8 Å². The highest BCUT2D eigenvalue weighted by molar-refractivity contribution is 5.55. The number of nitrogens with one attached hydrogen (secondary N) is 2. The van der Waals surface area contributed by atoms with Crippen molar-refractivity contribution in [2.75, 3.05) is 17.7 Å². The first-order valence-corrected chi connectivity index (χ1v) is 7.54. The number of hydrogen-bond donors (Lipinski definition) is 2. The molecule has 2 aromatic carbocycles. The molecular weight excluding hydrogens is 347 g/mol. The van der Waals surface area contributed by atoms with E-state index in [4.69, 9.17) is 4.74 Å². The molecule has 0 saturated heterocycles. The maximum atomic E-state index is 13.7. The molecular formula is C17H14F3N5O. The quantitative estimate of drug-likeness (QED) is 0.653. The van der Waals surface area contributed by atoms with E-state index in [1.54, 1.807) is 7.11 Å². The zero-order chi connectivity index (χ0) is 18.5. The molecule has 0 fully saturated rings. The first-order valence-electron chi connectivity index (χ1n) is 7.54. The van der Waals surface area contributed by atoms with Gasteiger partial charge in [-0.25, -0.2) is 13.2 Å². The number of ether oxygens (including phenoxy) is 1. The lowest BCUT2D eigenvalue weighted by Gasteiger charge is -2.09. The average Bonchev–Trinajstić information content (AvgIpc) is 2.67. The third kappa shape index (κ3) is 4.00. The van der Waals surface area contributed by atoms with Crippen molar-refractivity contribution in [3.8, 4) is 5.75 Å². The molecule has 1 aromatic heterocycles. The van der Waals surface area contributed by atoms with Crippen molar-refractivity contribution < 1.29 is 17.9 Å². The van der Waals surface area contributed by atoms with Crippen LogP contribution in [0, 0.1) is 17.5 Å². The van der Waals surface area contributed by atoms with Crippen molar-refractivity contribution >= 4 is 17.5 Å². The summed E-state index contributed by atoms with van der Waals surface area (Å²) in [5.74, 6) is -3.14. The largest absolute Gasteiger partial charge is 0.497 e. The Balaban J connectivity index is 1.69. The first-order chi connectivity index (χ1) is 12.6. The minimum Gasteiger partial charge on any atom is -0.497 e. The third-order valence-electron chi connectivity index (χ3n) is 3.47. The number of nitrogens with zero attached hydrogens (tertiary/aromatic N) is 3. The van der Waals surface area contributed by atoms with Crippen LogP contribution in [0.4, 0.5) is 30.6 Å². The van der Waals surface area contributed by atoms with Gasteiger partial charge in [-0.1, -0.05) is 12.1 Å². The number of hydrogen-bond acceptors (Lipinski definition) is 6. The Bertz CT molecular complexity index is 905. The molecule has 3 aromatic rings. The summed E-state index contributed by atoms with van der Waals surface area (Å²) in [7, 11) is 1.59. The van der Waals surface area contributed by atoms with Crippen LogP contribution in [0.15, 0.2) is 42.6 Å². The number of anilines is 3. The summed E-state index contributed by atoms with van der Waals surface area (Å²) >= 11 is 0. The third-order valence-corrected chi connectivity index (χ3v) is 3.47. The van der Waals surface area contributed by atoms with Gasteiger partial charge in [-0.2, -0.15) is 10.1 Å². The van der Waals surface area contributed by atoms with Gasteiger partial charge in [0.2, 0.25) is 5.95 Å². The van der Waals surface area contributed by atoms with Crippen molar-refractivity contribution in [2.45, 2.75) is 6.54 Å². The maximum Gasteiger partial charge on any atom is 0.249 e. The van der Waals surface area contributed by atoms with E-state index in [1.165, 1.54) is 6.20 Å². The lowest BCUT2D eigenvalue weighted by atomic mass is 10.2. The van der Waals surface area contributed by atoms with Gasteiger partial charge in [0.05, 0.1) is 19.0 Å². The van der Waals surface area contributed by atoms with Crippen molar-refractivity contribution in [1.82, 2.24) is 15.2 Å². The molecule has 1 heterocycles. The standard InChI is InChI=1S/C17H14F3N5O/c1-26-11-4-2-10(3-5-11)8-21-14-9-22-25-17(24-14)23-13-7-6-12(18)15(19)16(13)20/h2-7,9H,8H2,1H3,(H2,21,23,24,25). The van der Waals surface area contributed by atoms with E-state index in [0.717, 1.165) is 23.4 Å². The number of aromatic nitrogens is 3. The van der Waals surface area contributed by atoms with Gasteiger partial charge in [-0.15, -0.1) is 5.10 Å². The molecule has 9 heteroatoms. The molecule has 0 aliphatic rings. The van der Waals surface area contributed by atoms with Crippen LogP contribution in [0.2, 0.25) is 0 Å². The first kappa shape index (κ1) is 17.5. The highest BCUT2D eigenvalue weighted by Gasteiger charge is 2.14. The van der Waals surface area contributed by atoms with E-state index in [-0.39, 0.29) is 11.6 Å². The second-order valence-corrected chi connectivity index (χ2v) is 5.21. The molecule has 26 heavy (non-hydrogen) atoms. The molecule has 0 amide bonds. The van der Waals surface area contributed by atoms with E-state index in [0.29, 0.717) is 12.4 Å². The van der Waals surface area contributed by atoms with Crippen molar-refractivity contribution in [3.05, 3.63) is 65.6 Å². The lowest BCUT2D eigenvalue weighted by Crippen LogP contribution is -2.07. The Kier molecular flexibility index (Phi) is 5.16. The topological polar surface area (TPSA) is 72.0 Å². The molecule has 0 aliphatic heterocycles. The fourth-order valence-electron chi connectivity index (χ4n) is 2.12. The number of methoxy groups -OCH3 is 1. The summed E-state index contributed by atoms with van der Waals surface area (Å²) in [5.41, 5.74) is 0.684. The fourth-order valence-corrected chi connectivity index (χ4v) is 2.12. The molecule has 0 atom stereocenters. The Morgan fingerprint density at radius 3 is 2.50 bits per heavy atom. The number of halogens is 3. The van der Waals surface area contributed by atoms with Crippen LogP contribution in [-0.2, 0) is 6.54 Å². The van der Waals surface area contributed by atoms with E-state index in [1.807, 2.05) is 24.3 Å². The molecule has 6 nitrogen and oxygen atoms in total. The van der Waals surface area contributed by atoms with Crippen molar-refractivity contribution in [2.24, 2.45) is 0 Å². The SMILES string of the molecule is COc1ccc(CNc2cnnc(Nc3ccc(F)c(F)c3F)n2)cc1.